The second-order valence-corrected chi connectivity index (χ2v) is 6.26. The Hall–Kier alpha value is -3.10. The zero-order valence-corrected chi connectivity index (χ0v) is 14.3. The maximum Gasteiger partial charge on any atom is 0.325 e. The quantitative estimate of drug-likeness (QED) is 0.520. The number of benzene rings is 1. The Labute approximate surface area is 149 Å². The van der Waals surface area contributed by atoms with Gasteiger partial charge in [-0.05, 0) is 31.9 Å². The number of imide groups is 1. The van der Waals surface area contributed by atoms with Gasteiger partial charge in [-0.25, -0.2) is 0 Å². The molecule has 1 aliphatic heterocycles. The van der Waals surface area contributed by atoms with E-state index in [0.717, 1.165) is 11.0 Å². The molecule has 2 rings (SSSR count). The normalized spacial score (nSPS) is 19.3. The Morgan fingerprint density at radius 1 is 1.27 bits per heavy atom. The van der Waals surface area contributed by atoms with Crippen molar-refractivity contribution in [2.75, 3.05) is 0 Å². The molecule has 0 saturated carbocycles. The van der Waals surface area contributed by atoms with Crippen LogP contribution in [0.1, 0.15) is 25.8 Å². The highest BCUT2D eigenvalue weighted by molar-refractivity contribution is 6.07. The summed E-state index contributed by atoms with van der Waals surface area (Å²) in [5, 5.41) is 30.2. The molecule has 3 unspecified atom stereocenters. The van der Waals surface area contributed by atoms with Crippen LogP contribution in [0.3, 0.4) is 0 Å². The number of amides is 3. The predicted molar refractivity (Wildman–Crippen MR) is 88.1 cm³/mol. The number of aromatic hydroxyl groups is 2. The molecule has 0 radical (unpaired) electrons. The van der Waals surface area contributed by atoms with E-state index in [1.54, 1.807) is 0 Å². The summed E-state index contributed by atoms with van der Waals surface area (Å²) in [6.07, 6.45) is -0.0433. The zero-order chi connectivity index (χ0) is 19.6. The number of nitrogens with one attached hydrogen (secondary N) is 1. The Morgan fingerprint density at radius 2 is 1.92 bits per heavy atom. The van der Waals surface area contributed by atoms with E-state index in [-0.39, 0.29) is 24.3 Å². The van der Waals surface area contributed by atoms with E-state index in [9.17, 15) is 29.4 Å². The zero-order valence-electron chi connectivity index (χ0n) is 14.3. The molecular weight excluding hydrogens is 344 g/mol. The van der Waals surface area contributed by atoms with Gasteiger partial charge < -0.3 is 20.6 Å². The number of likely N-dealkylation sites (tertiary alicyclic amines) is 1. The van der Waals surface area contributed by atoms with E-state index in [1.165, 1.54) is 26.0 Å². The minimum atomic E-state index is -1.23. The van der Waals surface area contributed by atoms with E-state index in [4.69, 9.17) is 5.11 Å². The van der Waals surface area contributed by atoms with Gasteiger partial charge in [0.25, 0.3) is 0 Å². The summed E-state index contributed by atoms with van der Waals surface area (Å²) in [5.41, 5.74) is 0.396. The fourth-order valence-electron chi connectivity index (χ4n) is 2.79. The summed E-state index contributed by atoms with van der Waals surface area (Å²) >= 11 is 0. The third-order valence-corrected chi connectivity index (χ3v) is 4.31. The number of carboxylic acid groups (broad SMARTS) is 1. The molecule has 3 amide bonds. The first-order valence-electron chi connectivity index (χ1n) is 8.01. The van der Waals surface area contributed by atoms with Crippen LogP contribution in [-0.2, 0) is 25.6 Å². The van der Waals surface area contributed by atoms with Gasteiger partial charge in [-0.2, -0.15) is 0 Å². The van der Waals surface area contributed by atoms with E-state index in [0.29, 0.717) is 5.56 Å². The maximum absolute atomic E-state index is 12.5. The lowest BCUT2D eigenvalue weighted by Gasteiger charge is -2.23. The van der Waals surface area contributed by atoms with Gasteiger partial charge in [0.2, 0.25) is 17.7 Å². The number of rotatable bonds is 6. The molecule has 0 aliphatic carbocycles. The highest BCUT2D eigenvalue weighted by Gasteiger charge is 2.43. The summed E-state index contributed by atoms with van der Waals surface area (Å²) in [5.74, 6) is -4.13. The van der Waals surface area contributed by atoms with Gasteiger partial charge >= 0.3 is 5.97 Å². The highest BCUT2D eigenvalue weighted by atomic mass is 16.4. The van der Waals surface area contributed by atoms with Crippen LogP contribution < -0.4 is 5.32 Å². The Bertz CT molecular complexity index is 761. The Kier molecular flexibility index (Phi) is 5.49. The van der Waals surface area contributed by atoms with Gasteiger partial charge in [0.1, 0.15) is 23.6 Å². The topological polar surface area (TPSA) is 144 Å². The first kappa shape index (κ1) is 19.2. The molecule has 3 atom stereocenters. The van der Waals surface area contributed by atoms with Crippen molar-refractivity contribution in [1.29, 1.82) is 0 Å². The number of hydrogen-bond donors (Lipinski definition) is 4. The monoisotopic (exact) mass is 364 g/mol. The van der Waals surface area contributed by atoms with Crippen molar-refractivity contribution < 1.29 is 34.5 Å². The third-order valence-electron chi connectivity index (χ3n) is 4.31. The van der Waals surface area contributed by atoms with Gasteiger partial charge in [0, 0.05) is 12.5 Å². The summed E-state index contributed by atoms with van der Waals surface area (Å²) in [6.45, 7) is 2.62. The number of carbonyl (C=O) groups is 4. The lowest BCUT2D eigenvalue weighted by molar-refractivity contribution is -0.148. The fraction of sp³-hybridized carbons (Fsp3) is 0.412. The molecule has 0 spiro atoms. The number of aliphatic carboxylic acids is 1. The Balaban J connectivity index is 2.10. The van der Waals surface area contributed by atoms with Crippen LogP contribution in [0.2, 0.25) is 0 Å². The van der Waals surface area contributed by atoms with Crippen molar-refractivity contribution in [3.8, 4) is 11.5 Å². The summed E-state index contributed by atoms with van der Waals surface area (Å²) in [6, 6.07) is 1.66. The first-order valence-corrected chi connectivity index (χ1v) is 8.01. The van der Waals surface area contributed by atoms with Crippen molar-refractivity contribution >= 4 is 23.7 Å². The minimum absolute atomic E-state index is 0.0764. The van der Waals surface area contributed by atoms with Crippen molar-refractivity contribution in [2.24, 2.45) is 5.92 Å². The van der Waals surface area contributed by atoms with Crippen LogP contribution in [0.4, 0.5) is 0 Å². The smallest absolute Gasteiger partial charge is 0.325 e. The molecule has 1 saturated heterocycles. The van der Waals surface area contributed by atoms with Crippen LogP contribution in [-0.4, -0.2) is 56.0 Å². The fourth-order valence-corrected chi connectivity index (χ4v) is 2.79. The van der Waals surface area contributed by atoms with Crippen LogP contribution in [0, 0.1) is 5.92 Å². The van der Waals surface area contributed by atoms with Gasteiger partial charge in [0.15, 0.2) is 0 Å². The van der Waals surface area contributed by atoms with Crippen molar-refractivity contribution in [3.05, 3.63) is 23.8 Å². The molecule has 4 N–H and O–H groups in total. The van der Waals surface area contributed by atoms with Gasteiger partial charge in [-0.3, -0.25) is 24.1 Å². The molecule has 9 heteroatoms. The average Bonchev–Trinajstić information content (AvgIpc) is 2.83. The Morgan fingerprint density at radius 3 is 2.50 bits per heavy atom. The number of nitrogens with zero attached hydrogens (tertiary/aromatic N) is 1. The standard InChI is InChI=1S/C17H20N2O7/c1-8(17(25)26)18-15(23)9(2)19-14(22)6-11(16(19)24)5-10-3-4-12(20)7-13(10)21/h3-4,7-9,11,20-21H,5-6H2,1-2H3,(H,18,23)(H,25,26). The molecule has 1 fully saturated rings. The molecule has 1 aromatic carbocycles. The molecule has 26 heavy (non-hydrogen) atoms. The molecule has 140 valence electrons. The van der Waals surface area contributed by atoms with E-state index < -0.39 is 41.7 Å². The van der Waals surface area contributed by atoms with Gasteiger partial charge in [-0.1, -0.05) is 6.07 Å². The summed E-state index contributed by atoms with van der Waals surface area (Å²) < 4.78 is 0. The number of carbonyl (C=O) groups excluding carboxylic acids is 3. The van der Waals surface area contributed by atoms with Crippen molar-refractivity contribution in [3.63, 3.8) is 0 Å². The lowest BCUT2D eigenvalue weighted by Crippen LogP contribution is -2.51. The average molecular weight is 364 g/mol. The number of phenols is 2. The second kappa shape index (κ2) is 7.42. The molecule has 1 aliphatic rings. The number of carboxylic acids is 1. The molecule has 0 bridgehead atoms. The van der Waals surface area contributed by atoms with Crippen LogP contribution >= 0.6 is 0 Å². The number of phenolic OH excluding ortho intramolecular Hbond substituents is 2. The largest absolute Gasteiger partial charge is 0.508 e. The number of hydrogen-bond acceptors (Lipinski definition) is 6. The summed E-state index contributed by atoms with van der Waals surface area (Å²) in [7, 11) is 0. The molecular formula is C17H20N2O7. The molecule has 0 aromatic heterocycles. The third kappa shape index (κ3) is 3.93. The highest BCUT2D eigenvalue weighted by Crippen LogP contribution is 2.30. The van der Waals surface area contributed by atoms with E-state index in [2.05, 4.69) is 5.32 Å². The van der Waals surface area contributed by atoms with Crippen LogP contribution in [0.15, 0.2) is 18.2 Å². The molecule has 1 aromatic rings. The van der Waals surface area contributed by atoms with Crippen molar-refractivity contribution in [2.45, 2.75) is 38.8 Å². The SMILES string of the molecule is CC(NC(=O)C(C)N1C(=O)CC(Cc2ccc(O)cc2O)C1=O)C(=O)O. The molecule has 9 nitrogen and oxygen atoms in total. The van der Waals surface area contributed by atoms with E-state index >= 15 is 0 Å². The molecule has 1 heterocycles. The predicted octanol–water partition coefficient (Wildman–Crippen LogP) is -0.00680. The van der Waals surface area contributed by atoms with Crippen molar-refractivity contribution in [1.82, 2.24) is 10.2 Å². The maximum atomic E-state index is 12.5. The summed E-state index contributed by atoms with van der Waals surface area (Å²) in [4.78, 5) is 48.5. The van der Waals surface area contributed by atoms with Gasteiger partial charge in [-0.15, -0.1) is 0 Å². The van der Waals surface area contributed by atoms with Crippen LogP contribution in [0.25, 0.3) is 0 Å². The van der Waals surface area contributed by atoms with E-state index in [1.807, 2.05) is 0 Å². The second-order valence-electron chi connectivity index (χ2n) is 6.26. The van der Waals surface area contributed by atoms with Gasteiger partial charge in [0.05, 0.1) is 5.92 Å². The minimum Gasteiger partial charge on any atom is -0.508 e. The van der Waals surface area contributed by atoms with Crippen LogP contribution in [0.5, 0.6) is 11.5 Å². The lowest BCUT2D eigenvalue weighted by atomic mass is 9.97. The first-order chi connectivity index (χ1) is 12.1.